The first-order chi connectivity index (χ1) is 15.0. The third kappa shape index (κ3) is 3.07. The number of hydrogen-bond acceptors (Lipinski definition) is 6. The Morgan fingerprint density at radius 3 is 2.62 bits per heavy atom. The molecule has 0 saturated heterocycles. The van der Waals surface area contributed by atoms with Gasteiger partial charge in [-0.1, -0.05) is 25.5 Å². The maximum atomic E-state index is 16.8. The van der Waals surface area contributed by atoms with E-state index >= 15 is 4.39 Å². The van der Waals surface area contributed by atoms with E-state index in [2.05, 4.69) is 0 Å². The Hall–Kier alpha value is -2.15. The largest absolute Gasteiger partial charge is 0.456 e. The van der Waals surface area contributed by atoms with Crippen LogP contribution >= 0.6 is 0 Å². The van der Waals surface area contributed by atoms with Crippen molar-refractivity contribution in [2.75, 3.05) is 6.61 Å². The van der Waals surface area contributed by atoms with E-state index in [1.807, 2.05) is 6.92 Å². The van der Waals surface area contributed by atoms with Crippen molar-refractivity contribution in [2.45, 2.75) is 71.1 Å². The molecule has 0 bridgehead atoms. The molecule has 0 radical (unpaired) electrons. The van der Waals surface area contributed by atoms with Gasteiger partial charge >= 0.3 is 5.97 Å². The highest BCUT2D eigenvalue weighted by Gasteiger charge is 2.71. The van der Waals surface area contributed by atoms with Crippen LogP contribution in [0.4, 0.5) is 4.39 Å². The number of aliphatic hydroxyl groups excluding tert-OH is 1. The number of Topliss-reactive ketones (excluding diaryl/α,β-unsaturated/α-hetero) is 2. The van der Waals surface area contributed by atoms with E-state index in [0.29, 0.717) is 31.3 Å². The van der Waals surface area contributed by atoms with Gasteiger partial charge in [-0.25, -0.2) is 9.18 Å². The SMILES string of the molecule is CCC(O)C(=O)OCC(=O)[C@H]1CC[C@H]2[C@@H]3CCC4=CC(=O)C=C[C@]4(C)[C@@]3(F)C(=O)C[C@]12C. The molecule has 32 heavy (non-hydrogen) atoms. The standard InChI is InChI=1S/C25H31FO6/c1-4-19(28)22(31)32-13-20(29)18-8-7-16-17-6-5-14-11-15(27)9-10-24(14,3)25(17,26)21(30)12-23(16,18)2/h9-11,16-19,28H,4-8,12-13H2,1-3H3/t16-,17-,18+,19?,23-,24-,25-/m0/s1. The first-order valence-electron chi connectivity index (χ1n) is 11.5. The number of ether oxygens (including phenoxy) is 1. The van der Waals surface area contributed by atoms with Crippen molar-refractivity contribution in [1.29, 1.82) is 0 Å². The van der Waals surface area contributed by atoms with Gasteiger partial charge in [0.25, 0.3) is 0 Å². The van der Waals surface area contributed by atoms with Gasteiger partial charge in [0.2, 0.25) is 0 Å². The van der Waals surface area contributed by atoms with Crippen LogP contribution in [0.5, 0.6) is 0 Å². The summed E-state index contributed by atoms with van der Waals surface area (Å²) in [7, 11) is 0. The van der Waals surface area contributed by atoms with Crippen molar-refractivity contribution in [2.24, 2.45) is 28.6 Å². The number of hydrogen-bond donors (Lipinski definition) is 1. The van der Waals surface area contributed by atoms with Crippen molar-refractivity contribution in [3.05, 3.63) is 23.8 Å². The Labute approximate surface area is 187 Å². The first kappa shape index (κ1) is 23.0. The van der Waals surface area contributed by atoms with E-state index in [0.717, 1.165) is 0 Å². The molecule has 0 spiro atoms. The molecule has 4 aliphatic carbocycles. The highest BCUT2D eigenvalue weighted by Crippen LogP contribution is 2.67. The van der Waals surface area contributed by atoms with Crippen molar-refractivity contribution in [3.63, 3.8) is 0 Å². The van der Waals surface area contributed by atoms with Gasteiger partial charge in [0, 0.05) is 23.7 Å². The molecule has 3 fully saturated rings. The molecule has 4 rings (SSSR count). The topological polar surface area (TPSA) is 97.7 Å². The number of halogens is 1. The van der Waals surface area contributed by atoms with E-state index in [1.54, 1.807) is 19.9 Å². The van der Waals surface area contributed by atoms with Crippen LogP contribution < -0.4 is 0 Å². The summed E-state index contributed by atoms with van der Waals surface area (Å²) in [6.45, 7) is 4.79. The van der Waals surface area contributed by atoms with Gasteiger partial charge in [0.15, 0.2) is 29.1 Å². The van der Waals surface area contributed by atoms with Crippen LogP contribution in [0.15, 0.2) is 23.8 Å². The fourth-order valence-corrected chi connectivity index (χ4v) is 6.97. The molecular weight excluding hydrogens is 415 g/mol. The molecule has 6 nitrogen and oxygen atoms in total. The summed E-state index contributed by atoms with van der Waals surface area (Å²) in [4.78, 5) is 50.1. The summed E-state index contributed by atoms with van der Waals surface area (Å²) in [5.74, 6) is -2.98. The molecule has 0 aromatic heterocycles. The summed E-state index contributed by atoms with van der Waals surface area (Å²) in [6.07, 6.45) is 5.41. The number of allylic oxidation sites excluding steroid dienone is 4. The smallest absolute Gasteiger partial charge is 0.335 e. The lowest BCUT2D eigenvalue weighted by atomic mass is 9.45. The van der Waals surface area contributed by atoms with Crippen molar-refractivity contribution < 1.29 is 33.4 Å². The fourth-order valence-electron chi connectivity index (χ4n) is 6.97. The number of carbonyl (C=O) groups is 4. The Morgan fingerprint density at radius 2 is 1.94 bits per heavy atom. The molecule has 174 valence electrons. The highest BCUT2D eigenvalue weighted by molar-refractivity contribution is 6.02. The second-order valence-corrected chi connectivity index (χ2v) is 10.3. The minimum atomic E-state index is -2.10. The molecule has 0 aliphatic heterocycles. The predicted octanol–water partition coefficient (Wildman–Crippen LogP) is 3.06. The molecule has 0 aromatic rings. The van der Waals surface area contributed by atoms with Gasteiger partial charge in [-0.05, 0) is 62.5 Å². The quantitative estimate of drug-likeness (QED) is 0.652. The Bertz CT molecular complexity index is 937. The van der Waals surface area contributed by atoms with E-state index < -0.39 is 52.8 Å². The molecule has 1 unspecified atom stereocenters. The number of fused-ring (bicyclic) bond motifs is 5. The molecular formula is C25H31FO6. The Kier molecular flexibility index (Phi) is 5.55. The highest BCUT2D eigenvalue weighted by atomic mass is 19.1. The molecule has 7 atom stereocenters. The van der Waals surface area contributed by atoms with Crippen LogP contribution in [0.25, 0.3) is 0 Å². The van der Waals surface area contributed by atoms with Crippen LogP contribution in [0.1, 0.15) is 59.3 Å². The molecule has 0 aromatic carbocycles. The maximum Gasteiger partial charge on any atom is 0.335 e. The summed E-state index contributed by atoms with van der Waals surface area (Å²) in [6, 6.07) is 0. The lowest BCUT2D eigenvalue weighted by molar-refractivity contribution is -0.169. The zero-order valence-corrected chi connectivity index (χ0v) is 18.9. The fraction of sp³-hybridized carbons (Fsp3) is 0.680. The molecule has 4 aliphatic rings. The van der Waals surface area contributed by atoms with Crippen LogP contribution in [0.2, 0.25) is 0 Å². The van der Waals surface area contributed by atoms with Gasteiger partial charge in [-0.15, -0.1) is 0 Å². The summed E-state index contributed by atoms with van der Waals surface area (Å²) >= 11 is 0. The number of ketones is 3. The maximum absolute atomic E-state index is 16.8. The van der Waals surface area contributed by atoms with E-state index in [1.165, 1.54) is 12.2 Å². The summed E-state index contributed by atoms with van der Waals surface area (Å²) < 4.78 is 21.8. The third-order valence-corrected chi connectivity index (χ3v) is 8.80. The van der Waals surface area contributed by atoms with Crippen molar-refractivity contribution in [1.82, 2.24) is 0 Å². The van der Waals surface area contributed by atoms with Crippen LogP contribution in [0, 0.1) is 28.6 Å². The average Bonchev–Trinajstić information content (AvgIpc) is 3.09. The lowest BCUT2D eigenvalue weighted by Gasteiger charge is -2.58. The van der Waals surface area contributed by atoms with Crippen molar-refractivity contribution >= 4 is 23.3 Å². The van der Waals surface area contributed by atoms with Gasteiger partial charge in [-0.3, -0.25) is 14.4 Å². The molecule has 0 amide bonds. The van der Waals surface area contributed by atoms with Gasteiger partial charge in [-0.2, -0.15) is 0 Å². The minimum absolute atomic E-state index is 0.0583. The number of carbonyl (C=O) groups excluding carboxylic acids is 4. The minimum Gasteiger partial charge on any atom is -0.456 e. The molecule has 1 N–H and O–H groups in total. The van der Waals surface area contributed by atoms with E-state index in [-0.39, 0.29) is 30.3 Å². The monoisotopic (exact) mass is 446 g/mol. The Morgan fingerprint density at radius 1 is 1.22 bits per heavy atom. The van der Waals surface area contributed by atoms with Crippen LogP contribution in [-0.4, -0.2) is 46.8 Å². The lowest BCUT2D eigenvalue weighted by Crippen LogP contribution is -2.65. The summed E-state index contributed by atoms with van der Waals surface area (Å²) in [5.41, 5.74) is -3.27. The molecule has 3 saturated carbocycles. The zero-order chi connectivity index (χ0) is 23.5. The first-order valence-corrected chi connectivity index (χ1v) is 11.5. The number of esters is 1. The van der Waals surface area contributed by atoms with E-state index in [9.17, 15) is 24.3 Å². The zero-order valence-electron chi connectivity index (χ0n) is 18.9. The Balaban J connectivity index is 1.59. The molecule has 7 heteroatoms. The average molecular weight is 447 g/mol. The second-order valence-electron chi connectivity index (χ2n) is 10.3. The normalized spacial score (nSPS) is 41.3. The van der Waals surface area contributed by atoms with Crippen LogP contribution in [0.3, 0.4) is 0 Å². The number of alkyl halides is 1. The molecule has 0 heterocycles. The van der Waals surface area contributed by atoms with Gasteiger partial charge in [0.05, 0.1) is 0 Å². The summed E-state index contributed by atoms with van der Waals surface area (Å²) in [5, 5.41) is 9.57. The predicted molar refractivity (Wildman–Crippen MR) is 113 cm³/mol. The van der Waals surface area contributed by atoms with Gasteiger partial charge < -0.3 is 9.84 Å². The second kappa shape index (κ2) is 7.72. The number of rotatable bonds is 5. The van der Waals surface area contributed by atoms with Crippen molar-refractivity contribution in [3.8, 4) is 0 Å². The van der Waals surface area contributed by atoms with Crippen LogP contribution in [-0.2, 0) is 23.9 Å². The van der Waals surface area contributed by atoms with E-state index in [4.69, 9.17) is 4.74 Å². The number of aliphatic hydroxyl groups is 1. The van der Waals surface area contributed by atoms with Gasteiger partial charge in [0.1, 0.15) is 6.61 Å². The third-order valence-electron chi connectivity index (χ3n) is 8.80.